The van der Waals surface area contributed by atoms with Crippen molar-refractivity contribution >= 4 is 12.2 Å². The fraction of sp³-hybridized carbons (Fsp3) is 0.619. The van der Waals surface area contributed by atoms with Gasteiger partial charge in [0.2, 0.25) is 0 Å². The fourth-order valence-corrected chi connectivity index (χ4v) is 3.13. The summed E-state index contributed by atoms with van der Waals surface area (Å²) in [5.74, 6) is 0. The molecule has 2 rings (SSSR count). The zero-order chi connectivity index (χ0) is 19.9. The Labute approximate surface area is 162 Å². The molecule has 6 heteroatoms. The molecular weight excluding hydrogens is 344 g/mol. The number of benzene rings is 1. The van der Waals surface area contributed by atoms with Gasteiger partial charge in [-0.3, -0.25) is 0 Å². The molecule has 1 aromatic carbocycles. The summed E-state index contributed by atoms with van der Waals surface area (Å²) in [7, 11) is 1.73. The molecule has 1 heterocycles. The third-order valence-electron chi connectivity index (χ3n) is 4.57. The minimum atomic E-state index is -0.503. The van der Waals surface area contributed by atoms with Crippen LogP contribution in [0.25, 0.3) is 0 Å². The van der Waals surface area contributed by atoms with Crippen molar-refractivity contribution in [2.24, 2.45) is 0 Å². The van der Waals surface area contributed by atoms with Gasteiger partial charge in [0.25, 0.3) is 0 Å². The van der Waals surface area contributed by atoms with Crippen molar-refractivity contribution in [3.8, 4) is 0 Å². The van der Waals surface area contributed by atoms with E-state index in [4.69, 9.17) is 9.47 Å². The van der Waals surface area contributed by atoms with E-state index in [-0.39, 0.29) is 24.8 Å². The predicted molar refractivity (Wildman–Crippen MR) is 104 cm³/mol. The van der Waals surface area contributed by atoms with E-state index in [9.17, 15) is 9.59 Å². The monoisotopic (exact) mass is 376 g/mol. The quantitative estimate of drug-likeness (QED) is 0.762. The Balaban J connectivity index is 1.81. The van der Waals surface area contributed by atoms with Crippen LogP contribution >= 0.6 is 0 Å². The number of nitrogens with zero attached hydrogens (tertiary/aromatic N) is 2. The Hall–Kier alpha value is -2.24. The average Bonchev–Trinajstić information content (AvgIpc) is 2.63. The van der Waals surface area contributed by atoms with Crippen molar-refractivity contribution in [2.45, 2.75) is 64.7 Å². The van der Waals surface area contributed by atoms with Crippen LogP contribution < -0.4 is 0 Å². The first-order chi connectivity index (χ1) is 12.8. The van der Waals surface area contributed by atoms with Crippen molar-refractivity contribution < 1.29 is 19.1 Å². The summed E-state index contributed by atoms with van der Waals surface area (Å²) < 4.78 is 10.9. The maximum atomic E-state index is 12.5. The van der Waals surface area contributed by atoms with Crippen molar-refractivity contribution in [3.05, 3.63) is 35.9 Å². The van der Waals surface area contributed by atoms with Crippen LogP contribution in [0.15, 0.2) is 30.3 Å². The molecule has 6 nitrogen and oxygen atoms in total. The second-order valence-electron chi connectivity index (χ2n) is 8.07. The van der Waals surface area contributed by atoms with Gasteiger partial charge < -0.3 is 19.3 Å². The molecule has 0 spiro atoms. The largest absolute Gasteiger partial charge is 0.445 e. The molecule has 2 amide bonds. The first-order valence-corrected chi connectivity index (χ1v) is 9.68. The van der Waals surface area contributed by atoms with Crippen LogP contribution in [0.4, 0.5) is 9.59 Å². The minimum Gasteiger partial charge on any atom is -0.445 e. The molecule has 150 valence electrons. The van der Waals surface area contributed by atoms with Crippen molar-refractivity contribution in [3.63, 3.8) is 0 Å². The fourth-order valence-electron chi connectivity index (χ4n) is 3.13. The van der Waals surface area contributed by atoms with Gasteiger partial charge in [0.15, 0.2) is 0 Å². The number of hydrogen-bond acceptors (Lipinski definition) is 4. The van der Waals surface area contributed by atoms with Crippen LogP contribution in [0.3, 0.4) is 0 Å². The highest BCUT2D eigenvalue weighted by Crippen LogP contribution is 2.22. The smallest absolute Gasteiger partial charge is 0.410 e. The van der Waals surface area contributed by atoms with Gasteiger partial charge in [0.1, 0.15) is 12.2 Å². The Bertz CT molecular complexity index is 612. The molecule has 1 unspecified atom stereocenters. The average molecular weight is 376 g/mol. The first kappa shape index (κ1) is 21.1. The number of ether oxygens (including phenoxy) is 2. The zero-order valence-electron chi connectivity index (χ0n) is 16.9. The molecule has 1 aliphatic rings. The number of piperidine rings is 1. The van der Waals surface area contributed by atoms with Crippen LogP contribution in [0.5, 0.6) is 0 Å². The summed E-state index contributed by atoms with van der Waals surface area (Å²) >= 11 is 0. The van der Waals surface area contributed by atoms with Gasteiger partial charge in [0, 0.05) is 26.2 Å². The van der Waals surface area contributed by atoms with Crippen molar-refractivity contribution in [1.29, 1.82) is 0 Å². The van der Waals surface area contributed by atoms with Gasteiger partial charge in [-0.05, 0) is 52.0 Å². The lowest BCUT2D eigenvalue weighted by Gasteiger charge is -2.37. The zero-order valence-corrected chi connectivity index (χ0v) is 16.9. The Kier molecular flexibility index (Phi) is 7.51. The van der Waals surface area contributed by atoms with E-state index in [2.05, 4.69) is 0 Å². The molecule has 1 aliphatic heterocycles. The second kappa shape index (κ2) is 9.62. The topological polar surface area (TPSA) is 59.1 Å². The molecule has 0 aliphatic carbocycles. The molecule has 1 atom stereocenters. The molecule has 0 saturated carbocycles. The van der Waals surface area contributed by atoms with Gasteiger partial charge in [-0.2, -0.15) is 0 Å². The predicted octanol–water partition coefficient (Wildman–Crippen LogP) is 4.43. The van der Waals surface area contributed by atoms with Gasteiger partial charge in [-0.15, -0.1) is 0 Å². The summed E-state index contributed by atoms with van der Waals surface area (Å²) in [5, 5.41) is 0. The number of rotatable bonds is 5. The van der Waals surface area contributed by atoms with Crippen molar-refractivity contribution in [1.82, 2.24) is 9.80 Å². The molecule has 0 bridgehead atoms. The van der Waals surface area contributed by atoms with Gasteiger partial charge in [-0.1, -0.05) is 30.3 Å². The van der Waals surface area contributed by atoms with Crippen molar-refractivity contribution in [2.75, 3.05) is 20.1 Å². The normalized spacial score (nSPS) is 17.3. The highest BCUT2D eigenvalue weighted by atomic mass is 16.6. The van der Waals surface area contributed by atoms with E-state index < -0.39 is 5.60 Å². The number of carbonyl (C=O) groups is 2. The third kappa shape index (κ3) is 7.12. The van der Waals surface area contributed by atoms with E-state index in [1.165, 1.54) is 0 Å². The van der Waals surface area contributed by atoms with Crippen LogP contribution in [0.1, 0.15) is 52.0 Å². The van der Waals surface area contributed by atoms with Crippen LogP contribution in [-0.2, 0) is 16.1 Å². The lowest BCUT2D eigenvalue weighted by molar-refractivity contribution is 0.00795. The van der Waals surface area contributed by atoms with E-state index in [0.29, 0.717) is 13.1 Å². The maximum Gasteiger partial charge on any atom is 0.410 e. The van der Waals surface area contributed by atoms with E-state index >= 15 is 0 Å². The highest BCUT2D eigenvalue weighted by Gasteiger charge is 2.30. The van der Waals surface area contributed by atoms with E-state index in [0.717, 1.165) is 31.2 Å². The maximum absolute atomic E-state index is 12.5. The molecule has 1 aromatic rings. The molecule has 27 heavy (non-hydrogen) atoms. The van der Waals surface area contributed by atoms with Crippen LogP contribution in [-0.4, -0.2) is 53.8 Å². The standard InChI is InChI=1S/C21H32N2O4/c1-21(2,3)27-20(25)23-14-9-8-12-18(23)13-15-22(4)19(24)26-16-17-10-6-5-7-11-17/h5-7,10-11,18H,8-9,12-16H2,1-4H3. The van der Waals surface area contributed by atoms with Gasteiger partial charge in [0.05, 0.1) is 0 Å². The number of amides is 2. The molecule has 0 aromatic heterocycles. The van der Waals surface area contributed by atoms with Gasteiger partial charge >= 0.3 is 12.2 Å². The number of likely N-dealkylation sites (tertiary alicyclic amines) is 1. The molecule has 1 fully saturated rings. The highest BCUT2D eigenvalue weighted by molar-refractivity contribution is 5.69. The number of carbonyl (C=O) groups excluding carboxylic acids is 2. The summed E-state index contributed by atoms with van der Waals surface area (Å²) in [6, 6.07) is 9.71. The first-order valence-electron chi connectivity index (χ1n) is 9.68. The summed E-state index contributed by atoms with van der Waals surface area (Å²) in [6.07, 6.45) is 3.12. The lowest BCUT2D eigenvalue weighted by atomic mass is 9.99. The third-order valence-corrected chi connectivity index (χ3v) is 4.57. The molecule has 1 saturated heterocycles. The summed E-state index contributed by atoms with van der Waals surface area (Å²) in [5.41, 5.74) is 0.458. The van der Waals surface area contributed by atoms with E-state index in [1.807, 2.05) is 56.0 Å². The van der Waals surface area contributed by atoms with Crippen LogP contribution in [0, 0.1) is 0 Å². The summed E-state index contributed by atoms with van der Waals surface area (Å²) in [4.78, 5) is 28.0. The van der Waals surface area contributed by atoms with Crippen LogP contribution in [0.2, 0.25) is 0 Å². The Morgan fingerprint density at radius 2 is 1.89 bits per heavy atom. The lowest BCUT2D eigenvalue weighted by Crippen LogP contribution is -2.47. The Morgan fingerprint density at radius 1 is 1.19 bits per heavy atom. The molecule has 0 radical (unpaired) electrons. The van der Waals surface area contributed by atoms with E-state index in [1.54, 1.807) is 11.9 Å². The molecule has 0 N–H and O–H groups in total. The number of hydrogen-bond donors (Lipinski definition) is 0. The second-order valence-corrected chi connectivity index (χ2v) is 8.07. The minimum absolute atomic E-state index is 0.0953. The SMILES string of the molecule is CN(CCC1CCCCN1C(=O)OC(C)(C)C)C(=O)OCc1ccccc1. The van der Waals surface area contributed by atoms with Gasteiger partial charge in [-0.25, -0.2) is 9.59 Å². The summed E-state index contributed by atoms with van der Waals surface area (Å²) in [6.45, 7) is 7.14. The molecular formula is C21H32N2O4. The Morgan fingerprint density at radius 3 is 2.56 bits per heavy atom.